The number of aryl methyl sites for hydroxylation is 2. The first-order chi connectivity index (χ1) is 12.5. The number of hydrogen-bond acceptors (Lipinski definition) is 5. The van der Waals surface area contributed by atoms with E-state index < -0.39 is 5.69 Å². The molecule has 2 aromatic heterocycles. The average molecular weight is 366 g/mol. The minimum atomic E-state index is -0.427. The van der Waals surface area contributed by atoms with Gasteiger partial charge >= 0.3 is 5.69 Å². The van der Waals surface area contributed by atoms with Crippen molar-refractivity contribution in [2.45, 2.75) is 59.5 Å². The second-order valence-corrected chi connectivity index (χ2v) is 6.59. The van der Waals surface area contributed by atoms with E-state index >= 15 is 0 Å². The van der Waals surface area contributed by atoms with E-state index in [1.165, 1.54) is 4.57 Å². The van der Waals surface area contributed by atoms with Crippen molar-refractivity contribution in [3.63, 3.8) is 0 Å². The van der Waals surface area contributed by atoms with E-state index in [0.717, 1.165) is 23.8 Å². The quantitative estimate of drug-likeness (QED) is 0.688. The van der Waals surface area contributed by atoms with Gasteiger partial charge in [0.2, 0.25) is 0 Å². The molecule has 0 aliphatic carbocycles. The lowest BCUT2D eigenvalue weighted by atomic mass is 10.1. The molecule has 8 heteroatoms. The maximum atomic E-state index is 12.9. The van der Waals surface area contributed by atoms with Crippen LogP contribution < -0.4 is 16.0 Å². The summed E-state index contributed by atoms with van der Waals surface area (Å²) in [4.78, 5) is 29.9. The molecule has 0 unspecified atom stereocenters. The Labute approximate surface area is 153 Å². The van der Waals surface area contributed by atoms with Gasteiger partial charge in [0, 0.05) is 26.7 Å². The van der Waals surface area contributed by atoms with Gasteiger partial charge in [0.15, 0.2) is 11.2 Å². The van der Waals surface area contributed by atoms with Crippen LogP contribution >= 0.6 is 0 Å². The Morgan fingerprint density at radius 1 is 1.12 bits per heavy atom. The maximum absolute atomic E-state index is 12.9. The molecule has 2 rings (SSSR count). The van der Waals surface area contributed by atoms with Gasteiger partial charge in [0.1, 0.15) is 0 Å². The van der Waals surface area contributed by atoms with Crippen LogP contribution in [0, 0.1) is 5.92 Å². The van der Waals surface area contributed by atoms with E-state index in [1.54, 1.807) is 11.6 Å². The van der Waals surface area contributed by atoms with Gasteiger partial charge in [-0.25, -0.2) is 4.79 Å². The van der Waals surface area contributed by atoms with E-state index in [4.69, 9.17) is 9.84 Å². The van der Waals surface area contributed by atoms with Crippen LogP contribution in [0.3, 0.4) is 0 Å². The summed E-state index contributed by atoms with van der Waals surface area (Å²) >= 11 is 0. The van der Waals surface area contributed by atoms with Crippen LogP contribution in [0.15, 0.2) is 9.59 Å². The van der Waals surface area contributed by atoms with Crippen molar-refractivity contribution in [1.82, 2.24) is 18.7 Å². The predicted octanol–water partition coefficient (Wildman–Crippen LogP) is 1.50. The molecule has 0 aliphatic rings. The molecule has 0 amide bonds. The third kappa shape index (κ3) is 3.85. The van der Waals surface area contributed by atoms with E-state index in [-0.39, 0.29) is 18.7 Å². The summed E-state index contributed by atoms with van der Waals surface area (Å²) in [5, 5.41) is 9.04. The normalized spacial score (nSPS) is 11.6. The number of fused-ring (bicyclic) bond motifs is 1. The minimum absolute atomic E-state index is 0.0777. The van der Waals surface area contributed by atoms with E-state index in [2.05, 4.69) is 18.8 Å². The predicted molar refractivity (Wildman–Crippen MR) is 101 cm³/mol. The fraction of sp³-hybridized carbons (Fsp3) is 0.722. The Morgan fingerprint density at radius 3 is 2.38 bits per heavy atom. The molecule has 2 heterocycles. The summed E-state index contributed by atoms with van der Waals surface area (Å²) in [5.41, 5.74) is -0.0850. The fourth-order valence-electron chi connectivity index (χ4n) is 3.04. The highest BCUT2D eigenvalue weighted by Crippen LogP contribution is 2.20. The number of ether oxygens (including phenoxy) is 1. The highest BCUT2D eigenvalue weighted by molar-refractivity contribution is 5.71. The second kappa shape index (κ2) is 9.02. The van der Waals surface area contributed by atoms with Crippen LogP contribution in [0.25, 0.3) is 11.2 Å². The van der Waals surface area contributed by atoms with Gasteiger partial charge in [-0.3, -0.25) is 18.5 Å². The van der Waals surface area contributed by atoms with Crippen molar-refractivity contribution in [3.8, 4) is 6.01 Å². The van der Waals surface area contributed by atoms with Gasteiger partial charge in [0.05, 0.1) is 6.61 Å². The highest BCUT2D eigenvalue weighted by atomic mass is 16.5. The summed E-state index contributed by atoms with van der Waals surface area (Å²) in [6, 6.07) is 0.390. The fourth-order valence-corrected chi connectivity index (χ4v) is 3.04. The molecule has 0 saturated heterocycles. The molecule has 2 aromatic rings. The highest BCUT2D eigenvalue weighted by Gasteiger charge is 2.21. The first-order valence-corrected chi connectivity index (χ1v) is 9.43. The molecule has 0 atom stereocenters. The van der Waals surface area contributed by atoms with Gasteiger partial charge in [-0.1, -0.05) is 33.6 Å². The van der Waals surface area contributed by atoms with Crippen molar-refractivity contribution < 1.29 is 9.84 Å². The van der Waals surface area contributed by atoms with Crippen molar-refractivity contribution >= 4 is 11.2 Å². The topological polar surface area (TPSA) is 91.3 Å². The Hall–Kier alpha value is -2.09. The lowest BCUT2D eigenvalue weighted by molar-refractivity contribution is 0.216. The maximum Gasteiger partial charge on any atom is 0.332 e. The van der Waals surface area contributed by atoms with Gasteiger partial charge in [-0.05, 0) is 18.8 Å². The minimum Gasteiger partial charge on any atom is -0.464 e. The lowest BCUT2D eigenvalue weighted by Gasteiger charge is -2.14. The number of aromatic nitrogens is 4. The van der Waals surface area contributed by atoms with Crippen molar-refractivity contribution in [2.24, 2.45) is 13.0 Å². The van der Waals surface area contributed by atoms with Crippen LogP contribution in [-0.2, 0) is 20.1 Å². The van der Waals surface area contributed by atoms with Crippen LogP contribution in [0.1, 0.15) is 46.5 Å². The van der Waals surface area contributed by atoms with Crippen molar-refractivity contribution in [1.29, 1.82) is 0 Å². The zero-order chi connectivity index (χ0) is 19.3. The molecule has 1 N–H and O–H groups in total. The van der Waals surface area contributed by atoms with Crippen LogP contribution in [0.5, 0.6) is 6.01 Å². The zero-order valence-electron chi connectivity index (χ0n) is 16.2. The summed E-state index contributed by atoms with van der Waals surface area (Å²) in [5.74, 6) is 0.426. The monoisotopic (exact) mass is 366 g/mol. The smallest absolute Gasteiger partial charge is 0.332 e. The van der Waals surface area contributed by atoms with Gasteiger partial charge in [-0.2, -0.15) is 4.98 Å². The number of rotatable bonds is 10. The van der Waals surface area contributed by atoms with Gasteiger partial charge in [-0.15, -0.1) is 0 Å². The van der Waals surface area contributed by atoms with Crippen LogP contribution in [-0.4, -0.2) is 37.0 Å². The van der Waals surface area contributed by atoms with Crippen molar-refractivity contribution in [2.75, 3.05) is 13.2 Å². The molecule has 0 aliphatic heterocycles. The number of nitrogens with zero attached hydrogens (tertiary/aromatic N) is 4. The average Bonchev–Trinajstić information content (AvgIpc) is 3.00. The zero-order valence-corrected chi connectivity index (χ0v) is 16.2. The Morgan fingerprint density at radius 2 is 1.81 bits per heavy atom. The number of aliphatic hydroxyl groups excluding tert-OH is 1. The van der Waals surface area contributed by atoms with Crippen LogP contribution in [0.2, 0.25) is 0 Å². The molecule has 0 fully saturated rings. The van der Waals surface area contributed by atoms with E-state index in [0.29, 0.717) is 42.7 Å². The largest absolute Gasteiger partial charge is 0.464 e. The van der Waals surface area contributed by atoms with E-state index in [1.807, 2.05) is 6.92 Å². The molecular formula is C18H30N4O4. The first-order valence-electron chi connectivity index (χ1n) is 9.43. The third-order valence-corrected chi connectivity index (χ3v) is 4.79. The third-order valence-electron chi connectivity index (χ3n) is 4.79. The second-order valence-electron chi connectivity index (χ2n) is 6.59. The number of imidazole rings is 1. The summed E-state index contributed by atoms with van der Waals surface area (Å²) in [6.45, 7) is 7.48. The van der Waals surface area contributed by atoms with E-state index in [9.17, 15) is 9.59 Å². The Bertz CT molecular complexity index is 845. The molecule has 8 nitrogen and oxygen atoms in total. The first kappa shape index (κ1) is 20.2. The molecule has 0 bridgehead atoms. The Balaban J connectivity index is 2.59. The number of hydrogen-bond donors (Lipinski definition) is 1. The summed E-state index contributed by atoms with van der Waals surface area (Å²) in [7, 11) is 1.60. The molecule has 146 valence electrons. The van der Waals surface area contributed by atoms with Crippen LogP contribution in [0.4, 0.5) is 0 Å². The molecule has 0 aromatic carbocycles. The van der Waals surface area contributed by atoms with Gasteiger partial charge in [0.25, 0.3) is 11.6 Å². The number of aliphatic hydroxyl groups is 1. The summed E-state index contributed by atoms with van der Waals surface area (Å²) in [6.07, 6.45) is 3.18. The lowest BCUT2D eigenvalue weighted by Crippen LogP contribution is -2.39. The molecule has 0 spiro atoms. The molecule has 0 radical (unpaired) electrons. The Kier molecular flexibility index (Phi) is 7.02. The summed E-state index contributed by atoms with van der Waals surface area (Å²) < 4.78 is 10.3. The SMILES string of the molecule is CCCn1c(OCC(CC)CC)nc2c1c(=O)n(CCCO)c(=O)n2C. The van der Waals surface area contributed by atoms with Crippen molar-refractivity contribution in [3.05, 3.63) is 20.8 Å². The molecular weight excluding hydrogens is 336 g/mol. The van der Waals surface area contributed by atoms with Gasteiger partial charge < -0.3 is 9.84 Å². The molecule has 0 saturated carbocycles. The standard InChI is InChI=1S/C18H30N4O4/c1-5-9-21-14-15(19-17(21)26-12-13(6-2)7-3)20(4)18(25)22(16(14)24)10-8-11-23/h13,23H,5-12H2,1-4H3. The molecule has 26 heavy (non-hydrogen) atoms.